The zero-order valence-corrected chi connectivity index (χ0v) is 18.9. The van der Waals surface area contributed by atoms with Crippen LogP contribution in [0.3, 0.4) is 0 Å². The van der Waals surface area contributed by atoms with E-state index in [0.29, 0.717) is 41.4 Å². The van der Waals surface area contributed by atoms with Crippen LogP contribution < -0.4 is 0 Å². The van der Waals surface area contributed by atoms with E-state index < -0.39 is 0 Å². The van der Waals surface area contributed by atoms with E-state index in [0.717, 1.165) is 38.0 Å². The summed E-state index contributed by atoms with van der Waals surface area (Å²) in [4.78, 5) is 11.6. The van der Waals surface area contributed by atoms with E-state index in [1.54, 1.807) is 0 Å². The van der Waals surface area contributed by atoms with Gasteiger partial charge in [-0.1, -0.05) is 20.8 Å². The molecule has 0 aromatic carbocycles. The van der Waals surface area contributed by atoms with Crippen LogP contribution in [0.1, 0.15) is 85.0 Å². The lowest BCUT2D eigenvalue weighted by Gasteiger charge is -2.62. The number of ether oxygens (including phenoxy) is 1. The maximum Gasteiger partial charge on any atom is 0.305 e. The molecule has 0 saturated heterocycles. The fraction of sp³-hybridized carbons (Fsp3) is 0.960. The van der Waals surface area contributed by atoms with Crippen LogP contribution in [0.5, 0.6) is 0 Å². The van der Waals surface area contributed by atoms with E-state index in [1.807, 2.05) is 0 Å². The molecule has 0 aliphatic heterocycles. The molecule has 0 unspecified atom stereocenters. The summed E-state index contributed by atoms with van der Waals surface area (Å²) in [5, 5.41) is 21.8. The Bertz CT molecular complexity index is 620. The maximum atomic E-state index is 11.6. The van der Waals surface area contributed by atoms with E-state index in [9.17, 15) is 15.0 Å². The van der Waals surface area contributed by atoms with Crippen molar-refractivity contribution in [1.82, 2.24) is 0 Å². The van der Waals surface area contributed by atoms with Crippen molar-refractivity contribution in [2.24, 2.45) is 46.3 Å². The van der Waals surface area contributed by atoms with Gasteiger partial charge < -0.3 is 14.9 Å². The largest absolute Gasteiger partial charge is 0.469 e. The van der Waals surface area contributed by atoms with Gasteiger partial charge in [-0.2, -0.15) is 0 Å². The molecule has 4 rings (SSSR count). The molecule has 4 fully saturated rings. The van der Waals surface area contributed by atoms with Gasteiger partial charge in [0.25, 0.3) is 0 Å². The van der Waals surface area contributed by atoms with Crippen LogP contribution in [0.15, 0.2) is 0 Å². The van der Waals surface area contributed by atoms with Gasteiger partial charge in [-0.05, 0) is 104 Å². The number of aliphatic hydroxyl groups is 2. The summed E-state index contributed by atoms with van der Waals surface area (Å²) >= 11 is 0. The smallest absolute Gasteiger partial charge is 0.305 e. The van der Waals surface area contributed by atoms with E-state index in [1.165, 1.54) is 32.8 Å². The predicted octanol–water partition coefficient (Wildman–Crippen LogP) is 4.57. The number of rotatable bonds is 4. The van der Waals surface area contributed by atoms with Crippen molar-refractivity contribution >= 4 is 5.97 Å². The van der Waals surface area contributed by atoms with Crippen molar-refractivity contribution in [3.63, 3.8) is 0 Å². The monoisotopic (exact) mass is 406 g/mol. The van der Waals surface area contributed by atoms with Crippen LogP contribution in [-0.2, 0) is 9.53 Å². The van der Waals surface area contributed by atoms with Crippen LogP contribution in [0.4, 0.5) is 0 Å². The van der Waals surface area contributed by atoms with Gasteiger partial charge >= 0.3 is 5.97 Å². The van der Waals surface area contributed by atoms with Crippen LogP contribution in [0, 0.1) is 46.3 Å². The molecule has 166 valence electrons. The lowest BCUT2D eigenvalue weighted by atomic mass is 9.43. The molecule has 4 saturated carbocycles. The fourth-order valence-corrected chi connectivity index (χ4v) is 8.81. The first-order valence-corrected chi connectivity index (χ1v) is 12.1. The Morgan fingerprint density at radius 2 is 1.83 bits per heavy atom. The first-order valence-electron chi connectivity index (χ1n) is 12.1. The Labute approximate surface area is 176 Å². The molecule has 0 amide bonds. The number of aliphatic hydroxyl groups excluding tert-OH is 2. The zero-order chi connectivity index (χ0) is 21.0. The molecule has 4 aliphatic rings. The molecule has 0 spiro atoms. The molecular weight excluding hydrogens is 364 g/mol. The molecule has 0 aromatic rings. The molecule has 4 aliphatic carbocycles. The normalized spacial score (nSPS) is 50.2. The molecule has 0 bridgehead atoms. The van der Waals surface area contributed by atoms with E-state index in [-0.39, 0.29) is 23.6 Å². The number of fused-ring (bicyclic) bond motifs is 5. The minimum Gasteiger partial charge on any atom is -0.469 e. The van der Waals surface area contributed by atoms with E-state index in [4.69, 9.17) is 4.74 Å². The second-order valence-corrected chi connectivity index (χ2v) is 11.5. The maximum absolute atomic E-state index is 11.6. The Balaban J connectivity index is 1.53. The minimum absolute atomic E-state index is 0.0198. The Morgan fingerprint density at radius 1 is 1.07 bits per heavy atom. The van der Waals surface area contributed by atoms with Crippen LogP contribution >= 0.6 is 0 Å². The number of carbonyl (C=O) groups excluding carboxylic acids is 1. The average molecular weight is 407 g/mol. The molecule has 29 heavy (non-hydrogen) atoms. The summed E-state index contributed by atoms with van der Waals surface area (Å²) in [5.41, 5.74) is 0.271. The van der Waals surface area contributed by atoms with Gasteiger partial charge in [0, 0.05) is 6.42 Å². The van der Waals surface area contributed by atoms with E-state index >= 15 is 0 Å². The highest BCUT2D eigenvalue weighted by Gasteiger charge is 2.63. The Hall–Kier alpha value is -0.610. The lowest BCUT2D eigenvalue weighted by molar-refractivity contribution is -0.175. The number of methoxy groups -OCH3 is 1. The van der Waals surface area contributed by atoms with Gasteiger partial charge in [0.05, 0.1) is 19.3 Å². The summed E-state index contributed by atoms with van der Waals surface area (Å²) in [6, 6.07) is 0. The highest BCUT2D eigenvalue weighted by atomic mass is 16.5. The highest BCUT2D eigenvalue weighted by Crippen LogP contribution is 2.68. The third-order valence-corrected chi connectivity index (χ3v) is 10.5. The third-order valence-electron chi connectivity index (χ3n) is 10.5. The van der Waals surface area contributed by atoms with Gasteiger partial charge in [0.1, 0.15) is 0 Å². The Morgan fingerprint density at radius 3 is 2.55 bits per heavy atom. The summed E-state index contributed by atoms with van der Waals surface area (Å²) in [5.74, 6) is 3.36. The highest BCUT2D eigenvalue weighted by molar-refractivity contribution is 5.69. The molecule has 2 N–H and O–H groups in total. The lowest BCUT2D eigenvalue weighted by Crippen LogP contribution is -2.58. The average Bonchev–Trinajstić information content (AvgIpc) is 3.06. The summed E-state index contributed by atoms with van der Waals surface area (Å²) in [7, 11) is 1.46. The quantitative estimate of drug-likeness (QED) is 0.671. The molecule has 4 nitrogen and oxygen atoms in total. The molecular formula is C25H42O4. The predicted molar refractivity (Wildman–Crippen MR) is 113 cm³/mol. The van der Waals surface area contributed by atoms with Crippen molar-refractivity contribution in [3.05, 3.63) is 0 Å². The van der Waals surface area contributed by atoms with Gasteiger partial charge in [0.2, 0.25) is 0 Å². The van der Waals surface area contributed by atoms with Gasteiger partial charge in [0.15, 0.2) is 0 Å². The summed E-state index contributed by atoms with van der Waals surface area (Å²) < 4.78 is 4.85. The molecule has 0 heterocycles. The summed E-state index contributed by atoms with van der Waals surface area (Å²) in [6.07, 6.45) is 9.86. The second-order valence-electron chi connectivity index (χ2n) is 11.5. The molecule has 10 atom stereocenters. The molecule has 0 radical (unpaired) electrons. The van der Waals surface area contributed by atoms with Crippen LogP contribution in [0.25, 0.3) is 0 Å². The van der Waals surface area contributed by atoms with Gasteiger partial charge in [-0.15, -0.1) is 0 Å². The molecule has 0 aromatic heterocycles. The van der Waals surface area contributed by atoms with Crippen molar-refractivity contribution in [2.45, 2.75) is 97.2 Å². The van der Waals surface area contributed by atoms with Crippen LogP contribution in [-0.4, -0.2) is 35.5 Å². The number of hydrogen-bond acceptors (Lipinski definition) is 4. The SMILES string of the molecule is COC(=O)CC[C@@H](C)[C@H]1CC[C@H]2[C@@H]3CC[C@H]4C[C@H](O)CC[C@]4(C)[C@H]3C[C@@H](O)[C@]12C. The van der Waals surface area contributed by atoms with Crippen LogP contribution in [0.2, 0.25) is 0 Å². The number of esters is 1. The standard InChI is InChI=1S/C25H42O4/c1-15(5-10-23(28)29-4)19-8-9-20-18-7-6-16-13-17(26)11-12-24(16,2)21(18)14-22(27)25(19,20)3/h15-22,26-27H,5-14H2,1-4H3/t15-,16+,17-,18+,19-,20+,21+,22-,24+,25-/m1/s1. The fourth-order valence-electron chi connectivity index (χ4n) is 8.81. The van der Waals surface area contributed by atoms with Gasteiger partial charge in [-0.3, -0.25) is 4.79 Å². The number of hydrogen-bond donors (Lipinski definition) is 2. The molecule has 4 heteroatoms. The first kappa shape index (κ1) is 21.6. The Kier molecular flexibility index (Phi) is 5.83. The van der Waals surface area contributed by atoms with Crippen molar-refractivity contribution < 1.29 is 19.7 Å². The van der Waals surface area contributed by atoms with Crippen molar-refractivity contribution in [2.75, 3.05) is 7.11 Å². The first-order chi connectivity index (χ1) is 13.7. The summed E-state index contributed by atoms with van der Waals surface area (Å²) in [6.45, 7) is 7.12. The van der Waals surface area contributed by atoms with Crippen molar-refractivity contribution in [3.8, 4) is 0 Å². The van der Waals surface area contributed by atoms with E-state index in [2.05, 4.69) is 20.8 Å². The zero-order valence-electron chi connectivity index (χ0n) is 18.9. The number of carbonyl (C=O) groups is 1. The topological polar surface area (TPSA) is 66.8 Å². The van der Waals surface area contributed by atoms with Gasteiger partial charge in [-0.25, -0.2) is 0 Å². The second kappa shape index (κ2) is 7.82. The van der Waals surface area contributed by atoms with Crippen molar-refractivity contribution in [1.29, 1.82) is 0 Å². The third kappa shape index (κ3) is 3.37. The minimum atomic E-state index is -0.246.